The maximum absolute atomic E-state index is 14.4. The Morgan fingerprint density at radius 1 is 1.04 bits per heavy atom. The molecule has 1 aliphatic rings. The molecule has 1 aliphatic heterocycles. The van der Waals surface area contributed by atoms with Crippen molar-refractivity contribution in [2.24, 2.45) is 23.5 Å². The van der Waals surface area contributed by atoms with Gasteiger partial charge in [-0.15, -0.1) is 0 Å². The van der Waals surface area contributed by atoms with E-state index in [0.717, 1.165) is 22.4 Å². The van der Waals surface area contributed by atoms with E-state index >= 15 is 0 Å². The first-order valence-corrected chi connectivity index (χ1v) is 19.8. The molecule has 4 aromatic rings. The van der Waals surface area contributed by atoms with Gasteiger partial charge in [0.1, 0.15) is 11.9 Å². The van der Waals surface area contributed by atoms with Crippen molar-refractivity contribution in [1.82, 2.24) is 29.0 Å². The first kappa shape index (κ1) is 40.4. The third kappa shape index (κ3) is 9.46. The molecule has 290 valence electrons. The molecule has 0 aliphatic carbocycles. The quantitative estimate of drug-likeness (QED) is 0.0836. The highest BCUT2D eigenvalue weighted by molar-refractivity contribution is 7.89. The van der Waals surface area contributed by atoms with Gasteiger partial charge in [0, 0.05) is 33.2 Å². The zero-order valence-electron chi connectivity index (χ0n) is 32.0. The van der Waals surface area contributed by atoms with Gasteiger partial charge in [-0.1, -0.05) is 101 Å². The van der Waals surface area contributed by atoms with E-state index in [1.807, 2.05) is 101 Å². The molecule has 0 unspecified atom stereocenters. The molecule has 1 saturated heterocycles. The average molecular weight is 760 g/mol. The minimum absolute atomic E-state index is 0.0188. The number of aliphatic hydroxyl groups is 1. The monoisotopic (exact) mass is 759 g/mol. The number of urea groups is 1. The summed E-state index contributed by atoms with van der Waals surface area (Å²) in [5, 5.41) is 26.9. The highest BCUT2D eigenvalue weighted by Gasteiger charge is 2.41. The van der Waals surface area contributed by atoms with Crippen LogP contribution < -0.4 is 5.32 Å². The molecule has 14 heteroatoms. The van der Waals surface area contributed by atoms with Crippen molar-refractivity contribution in [1.29, 1.82) is 0 Å². The Kier molecular flexibility index (Phi) is 12.8. The highest BCUT2D eigenvalue weighted by Crippen LogP contribution is 2.26. The molecule has 54 heavy (non-hydrogen) atoms. The molecule has 13 nitrogen and oxygen atoms in total. The summed E-state index contributed by atoms with van der Waals surface area (Å²) in [7, 11) is -2.18. The third-order valence-corrected chi connectivity index (χ3v) is 11.8. The summed E-state index contributed by atoms with van der Waals surface area (Å²) in [5.41, 5.74) is 2.71. The number of aromatic nitrogens is 2. The molecule has 4 atom stereocenters. The highest BCUT2D eigenvalue weighted by atomic mass is 32.2. The van der Waals surface area contributed by atoms with Crippen LogP contribution >= 0.6 is 0 Å². The number of benzene rings is 3. The number of hydrogen-bond donors (Lipinski definition) is 3. The molecule has 1 fully saturated rings. The molecule has 0 saturated carbocycles. The smallest absolute Gasteiger partial charge is 0.321 e. The molecule has 0 spiro atoms. The Morgan fingerprint density at radius 3 is 2.33 bits per heavy atom. The van der Waals surface area contributed by atoms with E-state index in [2.05, 4.69) is 10.5 Å². The van der Waals surface area contributed by atoms with Gasteiger partial charge < -0.3 is 30.0 Å². The number of nitrogens with zero attached hydrogens (tertiary/aromatic N) is 6. The zero-order chi connectivity index (χ0) is 39.2. The average Bonchev–Trinajstić information content (AvgIpc) is 3.65. The van der Waals surface area contributed by atoms with Crippen molar-refractivity contribution in [3.8, 4) is 0 Å². The number of amides is 3. The number of imidazole rings is 1. The summed E-state index contributed by atoms with van der Waals surface area (Å²) in [6, 6.07) is 21.1. The molecule has 2 heterocycles. The number of fused-ring (bicyclic) bond motifs is 1. The Morgan fingerprint density at radius 2 is 1.70 bits per heavy atom. The van der Waals surface area contributed by atoms with E-state index in [1.165, 1.54) is 34.8 Å². The van der Waals surface area contributed by atoms with Crippen LogP contribution in [0.2, 0.25) is 0 Å². The second kappa shape index (κ2) is 17.1. The molecular weight excluding hydrogens is 707 g/mol. The zero-order valence-corrected chi connectivity index (χ0v) is 32.8. The molecule has 5 rings (SSSR count). The van der Waals surface area contributed by atoms with Gasteiger partial charge in [0.05, 0.1) is 40.8 Å². The standard InChI is InChI=1S/C40H53N7O6S/c1-7-28(2)37(47-22-21-45(39(47)50)26-36-42-32-15-11-12-16-34(32)44(36)6)38(49)43-33(23-29-13-9-8-10-14-29)35(48)25-46(27-40(3,4)5)54(52,53)31-19-17-30(18-20-31)24-41-51/h8-20,24,28,33,35,37,48,51H,7,21-23,25-27H2,1-6H3,(H,43,49)/t28-,33-,35+,37-/m0/s1. The number of aliphatic hydroxyl groups excluding tert-OH is 1. The summed E-state index contributed by atoms with van der Waals surface area (Å²) in [5.74, 6) is 0.121. The minimum Gasteiger partial charge on any atom is -0.411 e. The first-order valence-electron chi connectivity index (χ1n) is 18.4. The number of carbonyl (C=O) groups excluding carboxylic acids is 2. The van der Waals surface area contributed by atoms with Gasteiger partial charge in [-0.3, -0.25) is 4.79 Å². The van der Waals surface area contributed by atoms with Crippen molar-refractivity contribution < 1.29 is 28.3 Å². The topological polar surface area (TPSA) is 161 Å². The summed E-state index contributed by atoms with van der Waals surface area (Å²) < 4.78 is 31.4. The van der Waals surface area contributed by atoms with Crippen molar-refractivity contribution in [2.45, 2.75) is 77.1 Å². The lowest BCUT2D eigenvalue weighted by molar-refractivity contribution is -0.128. The molecule has 0 bridgehead atoms. The largest absolute Gasteiger partial charge is 0.411 e. The number of carbonyl (C=O) groups is 2. The van der Waals surface area contributed by atoms with E-state index in [1.54, 1.807) is 9.80 Å². The summed E-state index contributed by atoms with van der Waals surface area (Å²) in [6.07, 6.45) is 0.741. The molecule has 3 amide bonds. The Balaban J connectivity index is 1.40. The molecule has 3 N–H and O–H groups in total. The van der Waals surface area contributed by atoms with Crippen molar-refractivity contribution in [2.75, 3.05) is 26.2 Å². The van der Waals surface area contributed by atoms with Crippen LogP contribution in [0, 0.1) is 11.3 Å². The van der Waals surface area contributed by atoms with Crippen molar-refractivity contribution in [3.05, 3.63) is 95.8 Å². The Labute approximate surface area is 318 Å². The van der Waals surface area contributed by atoms with E-state index < -0.39 is 39.5 Å². The number of hydrogen-bond acceptors (Lipinski definition) is 8. The summed E-state index contributed by atoms with van der Waals surface area (Å²) >= 11 is 0. The number of aryl methyl sites for hydroxylation is 1. The van der Waals surface area contributed by atoms with Gasteiger partial charge in [0.25, 0.3) is 0 Å². The second-order valence-electron chi connectivity index (χ2n) is 15.3. The SMILES string of the molecule is CC[C@H](C)[C@@H](C(=O)N[C@@H](Cc1ccccc1)[C@H](O)CN(CC(C)(C)C)S(=O)(=O)c1ccc(C=NO)cc1)N1CCN(Cc2nc3ccccc3n2C)C1=O. The van der Waals surface area contributed by atoms with Crippen LogP contribution in [0.5, 0.6) is 0 Å². The van der Waals surface area contributed by atoms with Gasteiger partial charge in [-0.05, 0) is 53.1 Å². The number of oxime groups is 1. The van der Waals surface area contributed by atoms with E-state index in [0.29, 0.717) is 31.6 Å². The van der Waals surface area contributed by atoms with Crippen LogP contribution in [0.25, 0.3) is 11.0 Å². The molecule has 1 aromatic heterocycles. The third-order valence-electron chi connectivity index (χ3n) is 9.98. The Hall–Kier alpha value is -4.79. The van der Waals surface area contributed by atoms with Crippen LogP contribution in [0.4, 0.5) is 4.79 Å². The van der Waals surface area contributed by atoms with E-state index in [-0.39, 0.29) is 36.4 Å². The minimum atomic E-state index is -4.11. The predicted octanol–water partition coefficient (Wildman–Crippen LogP) is 4.86. The van der Waals surface area contributed by atoms with Gasteiger partial charge in [0.15, 0.2) is 0 Å². The molecule has 3 aromatic carbocycles. The number of sulfonamides is 1. The summed E-state index contributed by atoms with van der Waals surface area (Å²) in [4.78, 5) is 36.5. The van der Waals surface area contributed by atoms with Gasteiger partial charge >= 0.3 is 6.03 Å². The van der Waals surface area contributed by atoms with E-state index in [9.17, 15) is 23.1 Å². The maximum atomic E-state index is 14.4. The fourth-order valence-electron chi connectivity index (χ4n) is 6.92. The number of para-hydroxylation sites is 2. The fourth-order valence-corrected chi connectivity index (χ4v) is 8.60. The number of rotatable bonds is 16. The fraction of sp³-hybridized carbons (Fsp3) is 0.450. The van der Waals surface area contributed by atoms with Crippen LogP contribution in [-0.4, -0.2) is 105 Å². The lowest BCUT2D eigenvalue weighted by atomic mass is 9.94. The van der Waals surface area contributed by atoms with Crippen LogP contribution in [0.1, 0.15) is 58.0 Å². The maximum Gasteiger partial charge on any atom is 0.321 e. The first-order chi connectivity index (χ1) is 25.6. The lowest BCUT2D eigenvalue weighted by Gasteiger charge is -2.35. The van der Waals surface area contributed by atoms with Crippen LogP contribution in [0.3, 0.4) is 0 Å². The Bertz CT molecular complexity index is 2030. The normalized spacial score (nSPS) is 16.3. The summed E-state index contributed by atoms with van der Waals surface area (Å²) in [6.45, 7) is 10.5. The molecule has 0 radical (unpaired) electrons. The van der Waals surface area contributed by atoms with Gasteiger partial charge in [0.2, 0.25) is 15.9 Å². The second-order valence-corrected chi connectivity index (χ2v) is 17.3. The van der Waals surface area contributed by atoms with Crippen molar-refractivity contribution >= 4 is 39.2 Å². The van der Waals surface area contributed by atoms with Gasteiger partial charge in [-0.25, -0.2) is 18.2 Å². The van der Waals surface area contributed by atoms with Gasteiger partial charge in [-0.2, -0.15) is 4.31 Å². The van der Waals surface area contributed by atoms with Crippen molar-refractivity contribution in [3.63, 3.8) is 0 Å². The molecular formula is C40H53N7O6S. The van der Waals surface area contributed by atoms with Crippen LogP contribution in [0.15, 0.2) is 88.9 Å². The van der Waals surface area contributed by atoms with Crippen LogP contribution in [-0.2, 0) is 34.8 Å². The number of nitrogens with one attached hydrogen (secondary N) is 1. The lowest BCUT2D eigenvalue weighted by Crippen LogP contribution is -2.57. The predicted molar refractivity (Wildman–Crippen MR) is 209 cm³/mol. The van der Waals surface area contributed by atoms with E-state index in [4.69, 9.17) is 10.2 Å².